The van der Waals surface area contributed by atoms with Crippen molar-refractivity contribution in [3.05, 3.63) is 28.2 Å². The third-order valence-corrected chi connectivity index (χ3v) is 4.43. The lowest BCUT2D eigenvalue weighted by molar-refractivity contribution is 0.0697. The molecule has 1 aromatic carbocycles. The monoisotopic (exact) mass is 354 g/mol. The van der Waals surface area contributed by atoms with Crippen molar-refractivity contribution in [3.8, 4) is 0 Å². The van der Waals surface area contributed by atoms with Gasteiger partial charge in [0.25, 0.3) is 0 Å². The van der Waals surface area contributed by atoms with Crippen LogP contribution in [-0.4, -0.2) is 23.7 Å². The van der Waals surface area contributed by atoms with Gasteiger partial charge in [0, 0.05) is 11.0 Å². The van der Waals surface area contributed by atoms with Gasteiger partial charge in [-0.25, -0.2) is 9.59 Å². The molecule has 1 fully saturated rings. The van der Waals surface area contributed by atoms with Gasteiger partial charge in [-0.3, -0.25) is 0 Å². The molecule has 0 unspecified atom stereocenters. The van der Waals surface area contributed by atoms with Crippen LogP contribution >= 0.6 is 15.9 Å². The Kier molecular flexibility index (Phi) is 5.61. The van der Waals surface area contributed by atoms with Gasteiger partial charge in [-0.15, -0.1) is 0 Å². The SMILES string of the molecule is O=C(NCCC1CCCC1)Nc1ccc(C(=O)O)cc1Br. The number of carboxylic acid groups (broad SMARTS) is 1. The van der Waals surface area contributed by atoms with Crippen molar-refractivity contribution in [2.24, 2.45) is 5.92 Å². The van der Waals surface area contributed by atoms with E-state index in [0.29, 0.717) is 16.7 Å². The Balaban J connectivity index is 1.80. The fraction of sp³-hybridized carbons (Fsp3) is 0.467. The van der Waals surface area contributed by atoms with Crippen molar-refractivity contribution in [2.45, 2.75) is 32.1 Å². The highest BCUT2D eigenvalue weighted by Gasteiger charge is 2.15. The number of nitrogens with one attached hydrogen (secondary N) is 2. The van der Waals surface area contributed by atoms with Gasteiger partial charge >= 0.3 is 12.0 Å². The Bertz CT molecular complexity index is 528. The quantitative estimate of drug-likeness (QED) is 0.751. The Hall–Kier alpha value is -1.56. The van der Waals surface area contributed by atoms with Gasteiger partial charge < -0.3 is 15.7 Å². The van der Waals surface area contributed by atoms with E-state index in [1.165, 1.54) is 37.8 Å². The van der Waals surface area contributed by atoms with Crippen molar-refractivity contribution in [1.29, 1.82) is 0 Å². The zero-order chi connectivity index (χ0) is 15.2. The zero-order valence-electron chi connectivity index (χ0n) is 11.7. The first kappa shape index (κ1) is 15.8. The molecule has 3 N–H and O–H groups in total. The number of carboxylic acids is 1. The molecule has 1 aliphatic rings. The standard InChI is InChI=1S/C15H19BrN2O3/c16-12-9-11(14(19)20)5-6-13(12)18-15(21)17-8-7-10-3-1-2-4-10/h5-6,9-10H,1-4,7-8H2,(H,19,20)(H2,17,18,21). The third kappa shape index (κ3) is 4.74. The lowest BCUT2D eigenvalue weighted by Gasteiger charge is -2.12. The second kappa shape index (κ2) is 7.45. The Morgan fingerprint density at radius 2 is 2.00 bits per heavy atom. The van der Waals surface area contributed by atoms with Gasteiger partial charge in [0.15, 0.2) is 0 Å². The fourth-order valence-electron chi connectivity index (χ4n) is 2.60. The van der Waals surface area contributed by atoms with Crippen LogP contribution in [0.1, 0.15) is 42.5 Å². The van der Waals surface area contributed by atoms with E-state index < -0.39 is 5.97 Å². The molecule has 6 heteroatoms. The molecule has 0 saturated heterocycles. The lowest BCUT2D eigenvalue weighted by atomic mass is 10.0. The zero-order valence-corrected chi connectivity index (χ0v) is 13.3. The van der Waals surface area contributed by atoms with Crippen molar-refractivity contribution in [3.63, 3.8) is 0 Å². The molecular weight excluding hydrogens is 336 g/mol. The topological polar surface area (TPSA) is 78.4 Å². The molecular formula is C15H19BrN2O3. The molecule has 1 saturated carbocycles. The van der Waals surface area contributed by atoms with E-state index in [1.807, 2.05) is 0 Å². The maximum Gasteiger partial charge on any atom is 0.335 e. The summed E-state index contributed by atoms with van der Waals surface area (Å²) in [6.07, 6.45) is 6.17. The van der Waals surface area contributed by atoms with E-state index in [9.17, 15) is 9.59 Å². The molecule has 0 radical (unpaired) electrons. The molecule has 0 atom stereocenters. The smallest absolute Gasteiger partial charge is 0.335 e. The minimum Gasteiger partial charge on any atom is -0.478 e. The van der Waals surface area contributed by atoms with Crippen LogP contribution < -0.4 is 10.6 Å². The molecule has 0 spiro atoms. The number of carbonyl (C=O) groups is 2. The van der Waals surface area contributed by atoms with E-state index in [-0.39, 0.29) is 11.6 Å². The van der Waals surface area contributed by atoms with Crippen molar-refractivity contribution < 1.29 is 14.7 Å². The van der Waals surface area contributed by atoms with Crippen LogP contribution in [0.4, 0.5) is 10.5 Å². The number of hydrogen-bond acceptors (Lipinski definition) is 2. The molecule has 1 aromatic rings. The number of carbonyl (C=O) groups excluding carboxylic acids is 1. The molecule has 2 amide bonds. The largest absolute Gasteiger partial charge is 0.478 e. The van der Waals surface area contributed by atoms with Gasteiger partial charge in [-0.2, -0.15) is 0 Å². The maximum atomic E-state index is 11.8. The first-order valence-corrected chi connectivity index (χ1v) is 7.93. The number of urea groups is 1. The van der Waals surface area contributed by atoms with E-state index in [4.69, 9.17) is 5.11 Å². The molecule has 5 nitrogen and oxygen atoms in total. The summed E-state index contributed by atoms with van der Waals surface area (Å²) in [5, 5.41) is 14.4. The molecule has 2 rings (SSSR count). The average molecular weight is 355 g/mol. The molecule has 114 valence electrons. The lowest BCUT2D eigenvalue weighted by Crippen LogP contribution is -2.30. The number of rotatable bonds is 5. The Labute approximate surface area is 132 Å². The van der Waals surface area contributed by atoms with Crippen LogP contribution in [-0.2, 0) is 0 Å². The van der Waals surface area contributed by atoms with Crippen LogP contribution in [0, 0.1) is 5.92 Å². The highest BCUT2D eigenvalue weighted by molar-refractivity contribution is 9.10. The minimum atomic E-state index is -0.997. The van der Waals surface area contributed by atoms with Crippen molar-refractivity contribution in [2.75, 3.05) is 11.9 Å². The van der Waals surface area contributed by atoms with Gasteiger partial charge in [0.2, 0.25) is 0 Å². The average Bonchev–Trinajstić information content (AvgIpc) is 2.94. The van der Waals surface area contributed by atoms with Crippen molar-refractivity contribution >= 4 is 33.6 Å². The van der Waals surface area contributed by atoms with E-state index in [0.717, 1.165) is 12.3 Å². The highest BCUT2D eigenvalue weighted by Crippen LogP contribution is 2.27. The van der Waals surface area contributed by atoms with E-state index in [2.05, 4.69) is 26.6 Å². The summed E-state index contributed by atoms with van der Waals surface area (Å²) in [6, 6.07) is 4.23. The Morgan fingerprint density at radius 3 is 2.62 bits per heavy atom. The minimum absolute atomic E-state index is 0.175. The third-order valence-electron chi connectivity index (χ3n) is 3.78. The summed E-state index contributed by atoms with van der Waals surface area (Å²) in [5.41, 5.74) is 0.729. The van der Waals surface area contributed by atoms with Gasteiger partial charge in [0.1, 0.15) is 0 Å². The number of aromatic carboxylic acids is 1. The Morgan fingerprint density at radius 1 is 1.29 bits per heavy atom. The molecule has 1 aliphatic carbocycles. The predicted molar refractivity (Wildman–Crippen MR) is 84.7 cm³/mol. The number of halogens is 1. The summed E-state index contributed by atoms with van der Waals surface area (Å²) in [4.78, 5) is 22.6. The number of amides is 2. The highest BCUT2D eigenvalue weighted by atomic mass is 79.9. The molecule has 0 aromatic heterocycles. The number of benzene rings is 1. The summed E-state index contributed by atoms with van der Waals surface area (Å²) in [5.74, 6) is -0.254. The first-order chi connectivity index (χ1) is 10.1. The maximum absolute atomic E-state index is 11.8. The summed E-state index contributed by atoms with van der Waals surface area (Å²) < 4.78 is 0.549. The molecule has 0 bridgehead atoms. The normalized spacial score (nSPS) is 14.9. The molecule has 21 heavy (non-hydrogen) atoms. The first-order valence-electron chi connectivity index (χ1n) is 7.14. The van der Waals surface area contributed by atoms with Gasteiger partial charge in [-0.1, -0.05) is 25.7 Å². The molecule has 0 aliphatic heterocycles. The van der Waals surface area contributed by atoms with Crippen LogP contribution in [0.25, 0.3) is 0 Å². The number of hydrogen-bond donors (Lipinski definition) is 3. The van der Waals surface area contributed by atoms with Crippen LogP contribution in [0.15, 0.2) is 22.7 Å². The van der Waals surface area contributed by atoms with E-state index >= 15 is 0 Å². The van der Waals surface area contributed by atoms with E-state index in [1.54, 1.807) is 6.07 Å². The second-order valence-corrected chi connectivity index (χ2v) is 6.17. The van der Waals surface area contributed by atoms with Crippen LogP contribution in [0.5, 0.6) is 0 Å². The summed E-state index contributed by atoms with van der Waals surface area (Å²) >= 11 is 3.26. The van der Waals surface area contributed by atoms with Gasteiger partial charge in [-0.05, 0) is 46.5 Å². The fourth-order valence-corrected chi connectivity index (χ4v) is 3.08. The molecule has 0 heterocycles. The van der Waals surface area contributed by atoms with Crippen LogP contribution in [0.2, 0.25) is 0 Å². The van der Waals surface area contributed by atoms with Gasteiger partial charge in [0.05, 0.1) is 11.3 Å². The predicted octanol–water partition coefficient (Wildman–Crippen LogP) is 3.85. The summed E-state index contributed by atoms with van der Waals surface area (Å²) in [7, 11) is 0. The second-order valence-electron chi connectivity index (χ2n) is 5.32. The van der Waals surface area contributed by atoms with Crippen LogP contribution in [0.3, 0.4) is 0 Å². The summed E-state index contributed by atoms with van der Waals surface area (Å²) in [6.45, 7) is 0.668. The van der Waals surface area contributed by atoms with Crippen molar-refractivity contribution in [1.82, 2.24) is 5.32 Å². The number of anilines is 1.